The number of hydrogen-bond acceptors (Lipinski definition) is 12. The molecule has 4 aliphatic heterocycles. The number of fused-ring (bicyclic) bond motifs is 2. The lowest BCUT2D eigenvalue weighted by molar-refractivity contribution is -0.150. The van der Waals surface area contributed by atoms with E-state index in [1.54, 1.807) is 37.8 Å². The summed E-state index contributed by atoms with van der Waals surface area (Å²) in [6, 6.07) is 15.3. The van der Waals surface area contributed by atoms with Crippen molar-refractivity contribution in [1.82, 2.24) is 30.7 Å². The molecule has 4 aliphatic rings. The maximum Gasteiger partial charge on any atom is 0.399 e. The number of thiophene rings is 1. The molecule has 0 radical (unpaired) electrons. The van der Waals surface area contributed by atoms with Gasteiger partial charge in [-0.1, -0.05) is 94.7 Å². The molecular weight excluding hydrogens is 1070 g/mol. The Hall–Kier alpha value is -6.73. The van der Waals surface area contributed by atoms with Gasteiger partial charge in [-0.3, -0.25) is 53.1 Å². The van der Waals surface area contributed by atoms with Crippen molar-refractivity contribution in [3.05, 3.63) is 105 Å². The van der Waals surface area contributed by atoms with Crippen LogP contribution in [0.1, 0.15) is 138 Å². The van der Waals surface area contributed by atoms with Crippen molar-refractivity contribution < 1.29 is 71.0 Å². The molecule has 23 heteroatoms. The highest BCUT2D eigenvalue weighted by molar-refractivity contribution is 7.52. The number of halogens is 2. The summed E-state index contributed by atoms with van der Waals surface area (Å²) in [5.41, 5.74) is -4.47. The normalized spacial score (nSPS) is 20.2. The van der Waals surface area contributed by atoms with E-state index in [2.05, 4.69) is 27.8 Å². The van der Waals surface area contributed by atoms with E-state index in [0.29, 0.717) is 23.2 Å². The molecule has 2 unspecified atom stereocenters. The average molecular weight is 1130 g/mol. The van der Waals surface area contributed by atoms with Crippen LogP contribution in [-0.2, 0) is 43.7 Å². The number of nitrogens with zero attached hydrogens (tertiary/aromatic N) is 3. The van der Waals surface area contributed by atoms with E-state index in [0.717, 1.165) is 72.5 Å². The smallest absolute Gasteiger partial charge is 0.370 e. The largest absolute Gasteiger partial charge is 0.399 e. The van der Waals surface area contributed by atoms with E-state index in [9.17, 15) is 61.5 Å². The molecule has 3 saturated heterocycles. The first kappa shape index (κ1) is 58.4. The summed E-state index contributed by atoms with van der Waals surface area (Å²) in [5.74, 6) is 1.93. The number of alkyl halides is 2. The summed E-state index contributed by atoms with van der Waals surface area (Å²) in [7, 11) is -5.85. The summed E-state index contributed by atoms with van der Waals surface area (Å²) in [6.07, 6.45) is 4.96. The lowest BCUT2D eigenvalue weighted by Crippen LogP contribution is -2.58. The highest BCUT2D eigenvalue weighted by atomic mass is 32.1. The van der Waals surface area contributed by atoms with Crippen molar-refractivity contribution in [2.24, 2.45) is 5.41 Å². The number of piperidine rings is 1. The van der Waals surface area contributed by atoms with E-state index in [1.165, 1.54) is 23.1 Å². The lowest BCUT2D eigenvalue weighted by Gasteiger charge is -2.38. The maximum atomic E-state index is 14.8. The number of imide groups is 2. The van der Waals surface area contributed by atoms with E-state index in [-0.39, 0.29) is 85.3 Å². The topological polar surface area (TPSA) is 258 Å². The number of hydrogen-bond donors (Lipinski definition) is 5. The third-order valence-corrected chi connectivity index (χ3v) is 16.5. The van der Waals surface area contributed by atoms with Crippen LogP contribution in [0.25, 0.3) is 10.1 Å². The Kier molecular flexibility index (Phi) is 18.3. The molecular formula is C56H63F2N6O13PS. The second-order valence-electron chi connectivity index (χ2n) is 21.2. The summed E-state index contributed by atoms with van der Waals surface area (Å²) in [4.78, 5) is 129. The predicted molar refractivity (Wildman–Crippen MR) is 285 cm³/mol. The van der Waals surface area contributed by atoms with Gasteiger partial charge in [0.25, 0.3) is 17.7 Å². The number of morpholine rings is 1. The lowest BCUT2D eigenvalue weighted by atomic mass is 9.85. The predicted octanol–water partition coefficient (Wildman–Crippen LogP) is 6.16. The number of carbonyl (C=O) groups excluding carboxylic acids is 8. The number of likely N-dealkylation sites (tertiary alicyclic amines) is 1. The Labute approximate surface area is 459 Å². The zero-order valence-corrected chi connectivity index (χ0v) is 45.7. The standard InChI is InChI=1S/C56H63F2N6O13PS/c1-55(2,3)48(61-50(68)45-29-36-28-37(19-22-44(36)79-45)56(57,58)78(73,74)75)54(72)63-31-38(30-42(63)53(71)62-25-26-76-43(32-62)35-16-12-10-13-17-35)77-33-47(66)59-24-14-9-7-5-4-6-8-11-15-34-18-20-39-40(27-34)52(70)64(51(39)69)41-21-23-46(65)60-49(41)67/h10,12-13,16-20,22,27-29,38,41-43,48H,4-9,14,21,23-26,30-33H2,1-3H3,(H,59,66)(H,61,68)(H,60,65,67)(H2,73,74,75)/t38-,41?,42-,43?,48+/m0/s1. The van der Waals surface area contributed by atoms with Gasteiger partial charge < -0.3 is 39.7 Å². The molecule has 0 bridgehead atoms. The summed E-state index contributed by atoms with van der Waals surface area (Å²) in [6.45, 7) is 5.99. The Morgan fingerprint density at radius 2 is 1.63 bits per heavy atom. The molecule has 1 aromatic heterocycles. The van der Waals surface area contributed by atoms with E-state index in [1.807, 2.05) is 30.3 Å². The van der Waals surface area contributed by atoms with Crippen molar-refractivity contribution in [2.75, 3.05) is 39.4 Å². The van der Waals surface area contributed by atoms with Gasteiger partial charge in [-0.25, -0.2) is 0 Å². The Morgan fingerprint density at radius 1 is 0.911 bits per heavy atom. The molecule has 19 nitrogen and oxygen atoms in total. The van der Waals surface area contributed by atoms with Crippen LogP contribution in [0, 0.1) is 17.3 Å². The maximum absolute atomic E-state index is 14.8. The van der Waals surface area contributed by atoms with Crippen LogP contribution in [0.15, 0.2) is 72.8 Å². The van der Waals surface area contributed by atoms with Gasteiger partial charge in [-0.15, -0.1) is 11.3 Å². The van der Waals surface area contributed by atoms with Crippen LogP contribution in [0.4, 0.5) is 8.78 Å². The molecule has 5 heterocycles. The monoisotopic (exact) mass is 1130 g/mol. The molecule has 8 rings (SSSR count). The minimum absolute atomic E-state index is 0.0391. The van der Waals surface area contributed by atoms with Crippen molar-refractivity contribution in [1.29, 1.82) is 0 Å². The van der Waals surface area contributed by atoms with Crippen LogP contribution >= 0.6 is 18.9 Å². The van der Waals surface area contributed by atoms with Gasteiger partial charge in [-0.2, -0.15) is 8.78 Å². The molecule has 420 valence electrons. The van der Waals surface area contributed by atoms with Crippen molar-refractivity contribution in [3.63, 3.8) is 0 Å². The zero-order chi connectivity index (χ0) is 56.8. The second kappa shape index (κ2) is 24.7. The number of benzene rings is 3. The highest BCUT2D eigenvalue weighted by Gasteiger charge is 2.51. The first-order valence-electron chi connectivity index (χ1n) is 26.3. The average Bonchev–Trinajstić information content (AvgIpc) is 4.17. The number of amides is 8. The van der Waals surface area contributed by atoms with Crippen LogP contribution < -0.4 is 16.0 Å². The highest BCUT2D eigenvalue weighted by Crippen LogP contribution is 2.59. The third kappa shape index (κ3) is 13.7. The second-order valence-corrected chi connectivity index (χ2v) is 23.9. The van der Waals surface area contributed by atoms with E-state index in [4.69, 9.17) is 9.47 Å². The number of nitrogens with one attached hydrogen (secondary N) is 3. The van der Waals surface area contributed by atoms with Crippen molar-refractivity contribution >= 4 is 76.3 Å². The Morgan fingerprint density at radius 3 is 2.35 bits per heavy atom. The Bertz CT molecular complexity index is 3130. The molecule has 3 aromatic carbocycles. The minimum atomic E-state index is -5.85. The van der Waals surface area contributed by atoms with Gasteiger partial charge in [0.15, 0.2) is 0 Å². The van der Waals surface area contributed by atoms with Crippen LogP contribution in [0.2, 0.25) is 0 Å². The zero-order valence-electron chi connectivity index (χ0n) is 44.0. The van der Waals surface area contributed by atoms with Gasteiger partial charge in [0.1, 0.15) is 30.8 Å². The molecule has 4 aromatic rings. The van der Waals surface area contributed by atoms with Crippen molar-refractivity contribution in [2.45, 2.75) is 121 Å². The fraction of sp³-hybridized carbons (Fsp3) is 0.464. The molecule has 0 spiro atoms. The van der Waals surface area contributed by atoms with E-state index >= 15 is 0 Å². The molecule has 3 fully saturated rings. The fourth-order valence-electron chi connectivity index (χ4n) is 10.1. The van der Waals surface area contributed by atoms with Gasteiger partial charge in [0.2, 0.25) is 29.5 Å². The van der Waals surface area contributed by atoms with Gasteiger partial charge in [0.05, 0.1) is 35.3 Å². The Balaban J connectivity index is 0.811. The number of carbonyl (C=O) groups is 8. The van der Waals surface area contributed by atoms with Gasteiger partial charge in [0, 0.05) is 54.7 Å². The summed E-state index contributed by atoms with van der Waals surface area (Å²) >= 11 is 0.942. The SMILES string of the molecule is CC(C)(C)[C@H](NC(=O)c1cc2cc(C(F)(F)P(=O)(O)O)ccc2s1)C(=O)N1C[C@@H](OCC(=O)NCCCCCCCCC#Cc2ccc3c(c2)C(=O)N(C2CCC(=O)NC2=O)C3=O)C[C@H]1C(=O)N1CCOC(c2ccccc2)C1. The molecule has 79 heavy (non-hydrogen) atoms. The third-order valence-electron chi connectivity index (χ3n) is 14.4. The first-order chi connectivity index (χ1) is 37.5. The molecule has 5 N–H and O–H groups in total. The van der Waals surface area contributed by atoms with Crippen LogP contribution in [0.3, 0.4) is 0 Å². The van der Waals surface area contributed by atoms with Gasteiger partial charge >= 0.3 is 13.3 Å². The molecule has 0 aliphatic carbocycles. The summed E-state index contributed by atoms with van der Waals surface area (Å²) < 4.78 is 53.2. The summed E-state index contributed by atoms with van der Waals surface area (Å²) in [5, 5.41) is 8.02. The quantitative estimate of drug-likeness (QED) is 0.0306. The number of rotatable bonds is 19. The van der Waals surface area contributed by atoms with Gasteiger partial charge in [-0.05, 0) is 72.0 Å². The van der Waals surface area contributed by atoms with Crippen LogP contribution in [0.5, 0.6) is 0 Å². The molecule has 8 amide bonds. The first-order valence-corrected chi connectivity index (χ1v) is 28.7. The minimum Gasteiger partial charge on any atom is -0.370 e. The van der Waals surface area contributed by atoms with E-state index < -0.39 is 90.0 Å². The van der Waals surface area contributed by atoms with Crippen LogP contribution in [-0.4, -0.2) is 135 Å². The van der Waals surface area contributed by atoms with Crippen molar-refractivity contribution in [3.8, 4) is 11.8 Å². The molecule has 5 atom stereocenters. The number of ether oxygens (including phenoxy) is 2. The fourth-order valence-corrected chi connectivity index (χ4v) is 11.5. The molecule has 0 saturated carbocycles. The number of unbranched alkanes of at least 4 members (excludes halogenated alkanes) is 6.